The highest BCUT2D eigenvalue weighted by Crippen LogP contribution is 2.42. The van der Waals surface area contributed by atoms with Crippen LogP contribution in [0, 0.1) is 0 Å². The lowest BCUT2D eigenvalue weighted by Gasteiger charge is -2.23. The van der Waals surface area contributed by atoms with Crippen LogP contribution < -0.4 is 10.1 Å². The molecule has 0 spiro atoms. The Morgan fingerprint density at radius 2 is 2.06 bits per heavy atom. The van der Waals surface area contributed by atoms with Crippen molar-refractivity contribution >= 4 is 34.8 Å². The zero-order valence-electron chi connectivity index (χ0n) is 8.93. The van der Waals surface area contributed by atoms with E-state index in [1.165, 1.54) is 0 Å². The number of benzene rings is 1. The molecular weight excluding hydrogens is 249 g/mol. The van der Waals surface area contributed by atoms with E-state index in [1.54, 1.807) is 12.1 Å². The lowest BCUT2D eigenvalue weighted by Crippen LogP contribution is -2.30. The van der Waals surface area contributed by atoms with Crippen LogP contribution in [0.2, 0.25) is 10.0 Å². The molecule has 1 aromatic rings. The Morgan fingerprint density at radius 1 is 1.38 bits per heavy atom. The summed E-state index contributed by atoms with van der Waals surface area (Å²) < 4.78 is 5.73. The molecule has 1 aromatic carbocycles. The minimum absolute atomic E-state index is 0.0952. The van der Waals surface area contributed by atoms with Gasteiger partial charge in [0.2, 0.25) is 5.91 Å². The van der Waals surface area contributed by atoms with Crippen molar-refractivity contribution in [3.63, 3.8) is 0 Å². The Hall–Kier alpha value is -0.930. The predicted octanol–water partition coefficient (Wildman–Crippen LogP) is 3.49. The number of fused-ring (bicyclic) bond motifs is 1. The second kappa shape index (κ2) is 3.82. The summed E-state index contributed by atoms with van der Waals surface area (Å²) in [6.07, 6.45) is 0.273. The Labute approximate surface area is 104 Å². The highest BCUT2D eigenvalue weighted by atomic mass is 35.5. The van der Waals surface area contributed by atoms with Gasteiger partial charge >= 0.3 is 0 Å². The van der Waals surface area contributed by atoms with Gasteiger partial charge in [-0.1, -0.05) is 23.2 Å². The molecule has 86 valence electrons. The van der Waals surface area contributed by atoms with Gasteiger partial charge < -0.3 is 10.1 Å². The number of nitrogens with one attached hydrogen (secondary N) is 1. The maximum atomic E-state index is 11.6. The zero-order chi connectivity index (χ0) is 11.9. The first kappa shape index (κ1) is 11.6. The standard InChI is InChI=1S/C11H11Cl2NO2/c1-11(2)5-8(15)14-7-4-3-6(12)9(13)10(7)16-11/h3-4H,5H2,1-2H3,(H,14,15). The van der Waals surface area contributed by atoms with E-state index in [0.717, 1.165) is 0 Å². The zero-order valence-corrected chi connectivity index (χ0v) is 10.4. The van der Waals surface area contributed by atoms with Gasteiger partial charge in [0.25, 0.3) is 0 Å². The van der Waals surface area contributed by atoms with Gasteiger partial charge in [-0.3, -0.25) is 4.79 Å². The van der Waals surface area contributed by atoms with Crippen LogP contribution in [0.5, 0.6) is 5.75 Å². The molecule has 16 heavy (non-hydrogen) atoms. The summed E-state index contributed by atoms with van der Waals surface area (Å²) in [5, 5.41) is 3.48. The molecule has 0 saturated heterocycles. The lowest BCUT2D eigenvalue weighted by molar-refractivity contribution is -0.118. The molecule has 0 aromatic heterocycles. The van der Waals surface area contributed by atoms with E-state index in [2.05, 4.69) is 5.32 Å². The quantitative estimate of drug-likeness (QED) is 0.775. The second-order valence-electron chi connectivity index (χ2n) is 4.32. The van der Waals surface area contributed by atoms with Gasteiger partial charge in [0.15, 0.2) is 5.75 Å². The van der Waals surface area contributed by atoms with Crippen LogP contribution in [-0.4, -0.2) is 11.5 Å². The van der Waals surface area contributed by atoms with E-state index in [-0.39, 0.29) is 12.3 Å². The molecule has 1 aliphatic heterocycles. The van der Waals surface area contributed by atoms with Crippen LogP contribution in [0.4, 0.5) is 5.69 Å². The summed E-state index contributed by atoms with van der Waals surface area (Å²) in [6, 6.07) is 3.31. The first-order valence-corrected chi connectivity index (χ1v) is 5.61. The monoisotopic (exact) mass is 259 g/mol. The fourth-order valence-corrected chi connectivity index (χ4v) is 1.98. The van der Waals surface area contributed by atoms with Gasteiger partial charge in [-0.15, -0.1) is 0 Å². The smallest absolute Gasteiger partial charge is 0.228 e. The van der Waals surface area contributed by atoms with E-state index < -0.39 is 5.60 Å². The Morgan fingerprint density at radius 3 is 2.75 bits per heavy atom. The van der Waals surface area contributed by atoms with Crippen LogP contribution >= 0.6 is 23.2 Å². The number of ether oxygens (including phenoxy) is 1. The number of amides is 1. The third kappa shape index (κ3) is 2.11. The van der Waals surface area contributed by atoms with Gasteiger partial charge in [-0.05, 0) is 26.0 Å². The molecule has 0 fully saturated rings. The van der Waals surface area contributed by atoms with Crippen molar-refractivity contribution in [3.8, 4) is 5.75 Å². The molecule has 1 heterocycles. The van der Waals surface area contributed by atoms with E-state index in [1.807, 2.05) is 13.8 Å². The van der Waals surface area contributed by atoms with Gasteiger partial charge in [0.05, 0.1) is 17.1 Å². The summed E-state index contributed by atoms with van der Waals surface area (Å²) >= 11 is 12.0. The number of hydrogen-bond acceptors (Lipinski definition) is 2. The highest BCUT2D eigenvalue weighted by molar-refractivity contribution is 6.43. The fourth-order valence-electron chi connectivity index (χ4n) is 1.62. The molecule has 0 unspecified atom stereocenters. The average molecular weight is 260 g/mol. The molecule has 0 saturated carbocycles. The van der Waals surface area contributed by atoms with Crippen molar-refractivity contribution in [2.45, 2.75) is 25.9 Å². The van der Waals surface area contributed by atoms with E-state index in [0.29, 0.717) is 21.5 Å². The topological polar surface area (TPSA) is 38.3 Å². The molecule has 1 aliphatic rings. The Kier molecular flexibility index (Phi) is 2.76. The van der Waals surface area contributed by atoms with Crippen molar-refractivity contribution in [3.05, 3.63) is 22.2 Å². The van der Waals surface area contributed by atoms with Crippen LogP contribution in [0.3, 0.4) is 0 Å². The molecule has 0 bridgehead atoms. The van der Waals surface area contributed by atoms with Crippen LogP contribution in [0.1, 0.15) is 20.3 Å². The summed E-state index contributed by atoms with van der Waals surface area (Å²) in [6.45, 7) is 3.66. The van der Waals surface area contributed by atoms with Crippen LogP contribution in [0.15, 0.2) is 12.1 Å². The SMILES string of the molecule is CC1(C)CC(=O)Nc2ccc(Cl)c(Cl)c2O1. The number of carbonyl (C=O) groups is 1. The predicted molar refractivity (Wildman–Crippen MR) is 64.4 cm³/mol. The van der Waals surface area contributed by atoms with Gasteiger partial charge in [0, 0.05) is 0 Å². The van der Waals surface area contributed by atoms with Crippen molar-refractivity contribution in [1.82, 2.24) is 0 Å². The van der Waals surface area contributed by atoms with E-state index in [4.69, 9.17) is 27.9 Å². The number of anilines is 1. The van der Waals surface area contributed by atoms with Crippen molar-refractivity contribution in [2.24, 2.45) is 0 Å². The number of halogens is 2. The third-order valence-corrected chi connectivity index (χ3v) is 3.08. The normalized spacial score (nSPS) is 18.1. The van der Waals surface area contributed by atoms with Gasteiger partial charge in [0.1, 0.15) is 10.6 Å². The molecule has 1 amide bonds. The van der Waals surface area contributed by atoms with Gasteiger partial charge in [-0.2, -0.15) is 0 Å². The minimum atomic E-state index is -0.594. The number of rotatable bonds is 0. The summed E-state index contributed by atoms with van der Waals surface area (Å²) in [4.78, 5) is 11.6. The molecule has 0 atom stereocenters. The first-order chi connectivity index (χ1) is 7.39. The Bertz CT molecular complexity index is 458. The number of carbonyl (C=O) groups excluding carboxylic acids is 1. The maximum absolute atomic E-state index is 11.6. The third-order valence-electron chi connectivity index (χ3n) is 2.29. The average Bonchev–Trinajstić information content (AvgIpc) is 2.27. The Balaban J connectivity index is 2.55. The van der Waals surface area contributed by atoms with Crippen molar-refractivity contribution in [1.29, 1.82) is 0 Å². The molecule has 0 radical (unpaired) electrons. The van der Waals surface area contributed by atoms with Crippen LogP contribution in [0.25, 0.3) is 0 Å². The van der Waals surface area contributed by atoms with E-state index >= 15 is 0 Å². The molecule has 0 aliphatic carbocycles. The van der Waals surface area contributed by atoms with Crippen molar-refractivity contribution in [2.75, 3.05) is 5.32 Å². The number of hydrogen-bond donors (Lipinski definition) is 1. The summed E-state index contributed by atoms with van der Waals surface area (Å²) in [5.41, 5.74) is -0.0334. The maximum Gasteiger partial charge on any atom is 0.228 e. The van der Waals surface area contributed by atoms with Crippen molar-refractivity contribution < 1.29 is 9.53 Å². The van der Waals surface area contributed by atoms with Crippen LogP contribution in [-0.2, 0) is 4.79 Å². The summed E-state index contributed by atoms with van der Waals surface area (Å²) in [5.74, 6) is 0.340. The first-order valence-electron chi connectivity index (χ1n) is 4.86. The largest absolute Gasteiger partial charge is 0.484 e. The molecule has 2 rings (SSSR count). The second-order valence-corrected chi connectivity index (χ2v) is 5.11. The lowest BCUT2D eigenvalue weighted by atomic mass is 10.1. The molecule has 5 heteroatoms. The fraction of sp³-hybridized carbons (Fsp3) is 0.364. The highest BCUT2D eigenvalue weighted by Gasteiger charge is 2.30. The van der Waals surface area contributed by atoms with E-state index in [9.17, 15) is 4.79 Å². The minimum Gasteiger partial charge on any atom is -0.484 e. The summed E-state index contributed by atoms with van der Waals surface area (Å²) in [7, 11) is 0. The molecule has 3 nitrogen and oxygen atoms in total. The molecular formula is C11H11Cl2NO2. The van der Waals surface area contributed by atoms with Gasteiger partial charge in [-0.25, -0.2) is 0 Å². The molecule has 1 N–H and O–H groups in total.